The fraction of sp³-hybridized carbons (Fsp3) is 0.200. The van der Waals surface area contributed by atoms with Crippen molar-refractivity contribution in [2.24, 2.45) is 0 Å². The number of benzene rings is 2. The standard InChI is InChI=1S/C15H15NO2/c1-15(2,12-6-4-3-5-7-12)13-8-10-14(11-9-13)16(17)18/h3-11H,1-2H3. The van der Waals surface area contributed by atoms with Gasteiger partial charge in [-0.05, 0) is 11.1 Å². The first-order valence-corrected chi connectivity index (χ1v) is 5.82. The van der Waals surface area contributed by atoms with Crippen LogP contribution < -0.4 is 0 Å². The summed E-state index contributed by atoms with van der Waals surface area (Å²) in [6.45, 7) is 4.23. The lowest BCUT2D eigenvalue weighted by Gasteiger charge is -2.25. The molecule has 0 amide bonds. The van der Waals surface area contributed by atoms with Crippen LogP contribution in [0.25, 0.3) is 0 Å². The lowest BCUT2D eigenvalue weighted by atomic mass is 9.78. The maximum absolute atomic E-state index is 10.6. The molecular weight excluding hydrogens is 226 g/mol. The molecule has 0 saturated carbocycles. The quantitative estimate of drug-likeness (QED) is 0.603. The van der Waals surface area contributed by atoms with Crippen LogP contribution in [0.1, 0.15) is 25.0 Å². The summed E-state index contributed by atoms with van der Waals surface area (Å²) in [7, 11) is 0. The van der Waals surface area contributed by atoms with E-state index in [1.54, 1.807) is 12.1 Å². The molecule has 0 unspecified atom stereocenters. The van der Waals surface area contributed by atoms with Crippen molar-refractivity contribution < 1.29 is 4.92 Å². The maximum Gasteiger partial charge on any atom is 0.269 e. The summed E-state index contributed by atoms with van der Waals surface area (Å²) in [4.78, 5) is 10.3. The van der Waals surface area contributed by atoms with E-state index in [1.165, 1.54) is 5.56 Å². The zero-order chi connectivity index (χ0) is 13.2. The number of non-ortho nitro benzene ring substituents is 1. The van der Waals surface area contributed by atoms with Gasteiger partial charge in [0.2, 0.25) is 0 Å². The summed E-state index contributed by atoms with van der Waals surface area (Å²) in [6.07, 6.45) is 0. The molecule has 0 atom stereocenters. The number of hydrogen-bond acceptors (Lipinski definition) is 2. The Kier molecular flexibility index (Phi) is 3.15. The van der Waals surface area contributed by atoms with Gasteiger partial charge in [-0.15, -0.1) is 0 Å². The second-order valence-corrected chi connectivity index (χ2v) is 4.80. The Balaban J connectivity index is 2.39. The Labute approximate surface area is 106 Å². The van der Waals surface area contributed by atoms with E-state index in [0.29, 0.717) is 0 Å². The minimum atomic E-state index is -0.376. The van der Waals surface area contributed by atoms with E-state index in [-0.39, 0.29) is 16.0 Å². The molecule has 0 aliphatic rings. The van der Waals surface area contributed by atoms with Gasteiger partial charge in [0.1, 0.15) is 0 Å². The SMILES string of the molecule is CC(C)(c1ccccc1)c1ccc([N+](=O)[O-])cc1. The van der Waals surface area contributed by atoms with Crippen molar-refractivity contribution in [2.45, 2.75) is 19.3 Å². The van der Waals surface area contributed by atoms with Crippen molar-refractivity contribution in [3.05, 3.63) is 75.8 Å². The molecule has 0 fully saturated rings. The number of nitrogens with zero attached hydrogens (tertiary/aromatic N) is 1. The van der Waals surface area contributed by atoms with Gasteiger partial charge < -0.3 is 0 Å². The highest BCUT2D eigenvalue weighted by Crippen LogP contribution is 2.31. The third kappa shape index (κ3) is 2.25. The molecule has 0 radical (unpaired) electrons. The van der Waals surface area contributed by atoms with E-state index in [4.69, 9.17) is 0 Å². The summed E-state index contributed by atoms with van der Waals surface area (Å²) < 4.78 is 0. The molecule has 0 spiro atoms. The number of hydrogen-bond donors (Lipinski definition) is 0. The Bertz CT molecular complexity index is 544. The van der Waals surface area contributed by atoms with E-state index in [2.05, 4.69) is 26.0 Å². The van der Waals surface area contributed by atoms with Crippen molar-refractivity contribution in [1.82, 2.24) is 0 Å². The zero-order valence-electron chi connectivity index (χ0n) is 10.5. The molecule has 3 nitrogen and oxygen atoms in total. The van der Waals surface area contributed by atoms with Crippen molar-refractivity contribution in [3.63, 3.8) is 0 Å². The van der Waals surface area contributed by atoms with Gasteiger partial charge in [-0.1, -0.05) is 56.3 Å². The Morgan fingerprint density at radius 3 is 1.89 bits per heavy atom. The van der Waals surface area contributed by atoms with Crippen LogP contribution in [0.2, 0.25) is 0 Å². The largest absolute Gasteiger partial charge is 0.269 e. The molecule has 2 rings (SSSR count). The molecule has 0 saturated heterocycles. The Morgan fingerprint density at radius 2 is 1.39 bits per heavy atom. The average Bonchev–Trinajstić information content (AvgIpc) is 2.40. The highest BCUT2D eigenvalue weighted by atomic mass is 16.6. The highest BCUT2D eigenvalue weighted by molar-refractivity contribution is 5.41. The first kappa shape index (κ1) is 12.3. The Hall–Kier alpha value is -2.16. The predicted molar refractivity (Wildman–Crippen MR) is 71.7 cm³/mol. The fourth-order valence-electron chi connectivity index (χ4n) is 2.02. The summed E-state index contributed by atoms with van der Waals surface area (Å²) >= 11 is 0. The summed E-state index contributed by atoms with van der Waals surface area (Å²) in [5.74, 6) is 0. The number of nitro benzene ring substituents is 1. The second kappa shape index (κ2) is 4.61. The smallest absolute Gasteiger partial charge is 0.258 e. The first-order chi connectivity index (χ1) is 8.51. The van der Waals surface area contributed by atoms with Crippen LogP contribution in [-0.4, -0.2) is 4.92 Å². The summed E-state index contributed by atoms with van der Waals surface area (Å²) in [6, 6.07) is 16.9. The maximum atomic E-state index is 10.6. The lowest BCUT2D eigenvalue weighted by molar-refractivity contribution is -0.384. The third-order valence-electron chi connectivity index (χ3n) is 3.30. The zero-order valence-corrected chi connectivity index (χ0v) is 10.5. The van der Waals surface area contributed by atoms with Gasteiger partial charge in [-0.3, -0.25) is 10.1 Å². The monoisotopic (exact) mass is 241 g/mol. The molecule has 92 valence electrons. The molecule has 0 aromatic heterocycles. The molecule has 0 heterocycles. The molecule has 3 heteroatoms. The van der Waals surface area contributed by atoms with Crippen LogP contribution in [0.3, 0.4) is 0 Å². The van der Waals surface area contributed by atoms with Gasteiger partial charge in [-0.25, -0.2) is 0 Å². The predicted octanol–water partition coefficient (Wildman–Crippen LogP) is 3.92. The highest BCUT2D eigenvalue weighted by Gasteiger charge is 2.23. The van der Waals surface area contributed by atoms with Gasteiger partial charge in [0.05, 0.1) is 4.92 Å². The van der Waals surface area contributed by atoms with Crippen LogP contribution in [0, 0.1) is 10.1 Å². The van der Waals surface area contributed by atoms with E-state index in [1.807, 2.05) is 30.3 Å². The fourth-order valence-corrected chi connectivity index (χ4v) is 2.02. The average molecular weight is 241 g/mol. The van der Waals surface area contributed by atoms with E-state index in [0.717, 1.165) is 5.56 Å². The molecule has 2 aromatic carbocycles. The lowest BCUT2D eigenvalue weighted by Crippen LogP contribution is -2.18. The minimum Gasteiger partial charge on any atom is -0.258 e. The van der Waals surface area contributed by atoms with E-state index in [9.17, 15) is 10.1 Å². The van der Waals surface area contributed by atoms with Crippen molar-refractivity contribution in [3.8, 4) is 0 Å². The van der Waals surface area contributed by atoms with Crippen molar-refractivity contribution in [1.29, 1.82) is 0 Å². The van der Waals surface area contributed by atoms with Crippen molar-refractivity contribution in [2.75, 3.05) is 0 Å². The van der Waals surface area contributed by atoms with E-state index >= 15 is 0 Å². The van der Waals surface area contributed by atoms with Crippen LogP contribution in [0.4, 0.5) is 5.69 Å². The summed E-state index contributed by atoms with van der Waals surface area (Å²) in [5, 5.41) is 10.6. The van der Waals surface area contributed by atoms with Gasteiger partial charge >= 0.3 is 0 Å². The van der Waals surface area contributed by atoms with Gasteiger partial charge in [0.25, 0.3) is 5.69 Å². The summed E-state index contributed by atoms with van der Waals surface area (Å²) in [5.41, 5.74) is 2.23. The topological polar surface area (TPSA) is 43.1 Å². The van der Waals surface area contributed by atoms with Gasteiger partial charge in [0.15, 0.2) is 0 Å². The van der Waals surface area contributed by atoms with Crippen LogP contribution >= 0.6 is 0 Å². The van der Waals surface area contributed by atoms with Crippen LogP contribution in [-0.2, 0) is 5.41 Å². The van der Waals surface area contributed by atoms with Gasteiger partial charge in [-0.2, -0.15) is 0 Å². The molecule has 0 bridgehead atoms. The third-order valence-corrected chi connectivity index (χ3v) is 3.30. The van der Waals surface area contributed by atoms with Crippen molar-refractivity contribution >= 4 is 5.69 Å². The molecule has 18 heavy (non-hydrogen) atoms. The van der Waals surface area contributed by atoms with Gasteiger partial charge in [0, 0.05) is 17.5 Å². The normalized spacial score (nSPS) is 11.2. The molecule has 0 N–H and O–H groups in total. The molecular formula is C15H15NO2. The molecule has 0 aliphatic heterocycles. The minimum absolute atomic E-state index is 0.127. The first-order valence-electron chi connectivity index (χ1n) is 5.82. The van der Waals surface area contributed by atoms with Crippen LogP contribution in [0.5, 0.6) is 0 Å². The molecule has 2 aromatic rings. The van der Waals surface area contributed by atoms with E-state index < -0.39 is 0 Å². The molecule has 0 aliphatic carbocycles. The number of nitro groups is 1. The number of rotatable bonds is 3. The second-order valence-electron chi connectivity index (χ2n) is 4.80. The van der Waals surface area contributed by atoms with Crippen LogP contribution in [0.15, 0.2) is 54.6 Å². The Morgan fingerprint density at radius 1 is 0.889 bits per heavy atom.